The zero-order chi connectivity index (χ0) is 19.8. The van der Waals surface area contributed by atoms with Crippen molar-refractivity contribution >= 4 is 18.3 Å². The van der Waals surface area contributed by atoms with Crippen LogP contribution in [0.1, 0.15) is 32.6 Å². The molecule has 11 nitrogen and oxygen atoms in total. The van der Waals surface area contributed by atoms with Crippen molar-refractivity contribution in [3.8, 4) is 0 Å². The van der Waals surface area contributed by atoms with Crippen molar-refractivity contribution in [2.24, 2.45) is 23.0 Å². The molecule has 0 aliphatic heterocycles. The molecule has 1 amide bonds. The number of carbonyl (C=O) groups is 3. The van der Waals surface area contributed by atoms with E-state index in [2.05, 4.69) is 5.32 Å². The van der Waals surface area contributed by atoms with E-state index in [0.717, 1.165) is 19.3 Å². The van der Waals surface area contributed by atoms with Gasteiger partial charge in [0.1, 0.15) is 6.04 Å². The number of aliphatic carboxylic acids is 1. The smallest absolute Gasteiger partial charge is 0.321 e. The Hall–Kier alpha value is -2.37. The van der Waals surface area contributed by atoms with Gasteiger partial charge in [-0.2, -0.15) is 0 Å². The number of hydrogen-bond donors (Lipinski definition) is 7. The first-order valence-corrected chi connectivity index (χ1v) is 7.71. The van der Waals surface area contributed by atoms with E-state index >= 15 is 0 Å². The topological polar surface area (TPSA) is 211 Å². The molecule has 2 atom stereocenters. The quantitative estimate of drug-likeness (QED) is 0.0938. The Morgan fingerprint density at radius 2 is 1.88 bits per heavy atom. The average Bonchev–Trinajstić information content (AvgIpc) is 2.51. The first-order valence-electron chi connectivity index (χ1n) is 7.71. The number of carbonyl (C=O) groups excluding carboxylic acids is 1. The standard InChI is InChI=1S/C13H28N6O3.CH2O2/c1-9(18-12(20)6-11(16)13(21)22)4-2-3-5-19(17)8-10(15)7-14;2-1-3/h8-9,11H,2-7,14-17H2,1H3,(H,18,20)(H,21,22);1H,(H,2,3)/b10-8-;. The van der Waals surface area contributed by atoms with Crippen LogP contribution in [-0.4, -0.2) is 58.7 Å². The normalized spacial score (nSPS) is 13.0. The third-order valence-electron chi connectivity index (χ3n) is 3.00. The van der Waals surface area contributed by atoms with Crippen LogP contribution in [0.3, 0.4) is 0 Å². The Morgan fingerprint density at radius 3 is 2.36 bits per heavy atom. The van der Waals surface area contributed by atoms with Crippen molar-refractivity contribution in [1.29, 1.82) is 0 Å². The number of hydrogen-bond acceptors (Lipinski definition) is 8. The van der Waals surface area contributed by atoms with E-state index in [1.54, 1.807) is 6.20 Å². The molecule has 0 heterocycles. The van der Waals surface area contributed by atoms with Gasteiger partial charge in [0, 0.05) is 31.0 Å². The lowest BCUT2D eigenvalue weighted by atomic mass is 10.1. The van der Waals surface area contributed by atoms with Crippen LogP contribution in [0.15, 0.2) is 11.9 Å². The molecular weight excluding hydrogens is 332 g/mol. The van der Waals surface area contributed by atoms with Gasteiger partial charge in [-0.3, -0.25) is 14.4 Å². The number of carboxylic acids is 1. The zero-order valence-corrected chi connectivity index (χ0v) is 14.4. The summed E-state index contributed by atoms with van der Waals surface area (Å²) in [5.74, 6) is 4.17. The molecule has 0 bridgehead atoms. The van der Waals surface area contributed by atoms with Crippen LogP contribution in [0.4, 0.5) is 0 Å². The molecule has 0 radical (unpaired) electrons. The molecule has 0 rings (SSSR count). The van der Waals surface area contributed by atoms with Gasteiger partial charge in [0.25, 0.3) is 6.47 Å². The minimum Gasteiger partial charge on any atom is -0.483 e. The largest absolute Gasteiger partial charge is 0.483 e. The molecule has 0 aliphatic rings. The van der Waals surface area contributed by atoms with Crippen LogP contribution >= 0.6 is 0 Å². The van der Waals surface area contributed by atoms with Gasteiger partial charge >= 0.3 is 5.97 Å². The summed E-state index contributed by atoms with van der Waals surface area (Å²) in [6.45, 7) is 2.50. The second-order valence-corrected chi connectivity index (χ2v) is 5.36. The van der Waals surface area contributed by atoms with Gasteiger partial charge in [-0.1, -0.05) is 0 Å². The lowest BCUT2D eigenvalue weighted by Crippen LogP contribution is -2.40. The second-order valence-electron chi connectivity index (χ2n) is 5.36. The molecule has 0 saturated carbocycles. The molecule has 0 saturated heterocycles. The fourth-order valence-corrected chi connectivity index (χ4v) is 1.77. The van der Waals surface area contributed by atoms with Gasteiger partial charge in [0.05, 0.1) is 6.42 Å². The Bertz CT molecular complexity index is 432. The number of nitrogens with one attached hydrogen (secondary N) is 1. The number of rotatable bonds is 11. The molecule has 25 heavy (non-hydrogen) atoms. The van der Waals surface area contributed by atoms with Crippen molar-refractivity contribution < 1.29 is 24.6 Å². The number of hydrazine groups is 1. The van der Waals surface area contributed by atoms with E-state index in [0.29, 0.717) is 12.2 Å². The minimum atomic E-state index is -1.18. The highest BCUT2D eigenvalue weighted by atomic mass is 16.4. The Morgan fingerprint density at radius 1 is 1.32 bits per heavy atom. The molecule has 2 unspecified atom stereocenters. The summed E-state index contributed by atoms with van der Waals surface area (Å²) in [5.41, 5.74) is 16.7. The van der Waals surface area contributed by atoms with Gasteiger partial charge < -0.3 is 37.7 Å². The highest BCUT2D eigenvalue weighted by Gasteiger charge is 2.17. The third kappa shape index (κ3) is 16.3. The number of amides is 1. The molecule has 0 fully saturated rings. The van der Waals surface area contributed by atoms with Gasteiger partial charge in [0.2, 0.25) is 5.91 Å². The van der Waals surface area contributed by atoms with Crippen molar-refractivity contribution in [2.75, 3.05) is 13.1 Å². The van der Waals surface area contributed by atoms with Gasteiger partial charge in [-0.05, 0) is 26.2 Å². The first kappa shape index (κ1) is 24.9. The van der Waals surface area contributed by atoms with E-state index in [1.807, 2.05) is 6.92 Å². The number of nitrogens with zero attached hydrogens (tertiary/aromatic N) is 1. The lowest BCUT2D eigenvalue weighted by Gasteiger charge is -2.17. The van der Waals surface area contributed by atoms with Crippen LogP contribution in [-0.2, 0) is 14.4 Å². The molecule has 0 aliphatic carbocycles. The van der Waals surface area contributed by atoms with E-state index in [4.69, 9.17) is 38.1 Å². The maximum absolute atomic E-state index is 11.5. The molecule has 0 aromatic carbocycles. The maximum Gasteiger partial charge on any atom is 0.321 e. The fraction of sp³-hybridized carbons (Fsp3) is 0.643. The van der Waals surface area contributed by atoms with Crippen LogP contribution in [0.25, 0.3) is 0 Å². The number of carboxylic acid groups (broad SMARTS) is 2. The van der Waals surface area contributed by atoms with Gasteiger partial charge in [-0.25, -0.2) is 5.84 Å². The van der Waals surface area contributed by atoms with Crippen molar-refractivity contribution in [3.05, 3.63) is 11.9 Å². The predicted molar refractivity (Wildman–Crippen MR) is 92.6 cm³/mol. The number of nitrogens with two attached hydrogens (primary N) is 4. The summed E-state index contributed by atoms with van der Waals surface area (Å²) in [6, 6.07) is -1.22. The average molecular weight is 362 g/mol. The third-order valence-corrected chi connectivity index (χ3v) is 3.00. The highest BCUT2D eigenvalue weighted by Crippen LogP contribution is 2.02. The summed E-state index contributed by atoms with van der Waals surface area (Å²) in [5, 5.41) is 19.7. The fourth-order valence-electron chi connectivity index (χ4n) is 1.77. The molecule has 0 spiro atoms. The lowest BCUT2D eigenvalue weighted by molar-refractivity contribution is -0.140. The minimum absolute atomic E-state index is 0.0515. The number of unbranched alkanes of at least 4 members (excludes halogenated alkanes) is 1. The molecule has 11 heteroatoms. The molecule has 11 N–H and O–H groups in total. The maximum atomic E-state index is 11.5. The van der Waals surface area contributed by atoms with E-state index in [1.165, 1.54) is 5.01 Å². The van der Waals surface area contributed by atoms with Crippen LogP contribution in [0, 0.1) is 0 Å². The second kappa shape index (κ2) is 15.2. The van der Waals surface area contributed by atoms with Gasteiger partial charge in [0.15, 0.2) is 0 Å². The zero-order valence-electron chi connectivity index (χ0n) is 14.4. The molecule has 0 aromatic heterocycles. The van der Waals surface area contributed by atoms with Crippen molar-refractivity contribution in [2.45, 2.75) is 44.7 Å². The predicted octanol–water partition coefficient (Wildman–Crippen LogP) is -1.90. The summed E-state index contributed by atoms with van der Waals surface area (Å²) >= 11 is 0. The Labute approximate surface area is 147 Å². The van der Waals surface area contributed by atoms with E-state index < -0.39 is 12.0 Å². The van der Waals surface area contributed by atoms with Crippen molar-refractivity contribution in [1.82, 2.24) is 10.3 Å². The summed E-state index contributed by atoms with van der Waals surface area (Å²) in [7, 11) is 0. The summed E-state index contributed by atoms with van der Waals surface area (Å²) in [4.78, 5) is 30.5. The monoisotopic (exact) mass is 362 g/mol. The Kier molecular flexibility index (Phi) is 15.1. The Balaban J connectivity index is 0. The SMILES string of the molecule is CC(CCCCN(N)/C=C(\N)CN)NC(=O)CC(N)C(=O)O.O=CO. The first-order chi connectivity index (χ1) is 11.7. The van der Waals surface area contributed by atoms with Crippen LogP contribution in [0.5, 0.6) is 0 Å². The molecular formula is C14H30N6O5. The van der Waals surface area contributed by atoms with Crippen molar-refractivity contribution in [3.63, 3.8) is 0 Å². The molecule has 146 valence electrons. The molecule has 0 aromatic rings. The summed E-state index contributed by atoms with van der Waals surface area (Å²) < 4.78 is 0. The van der Waals surface area contributed by atoms with E-state index in [9.17, 15) is 9.59 Å². The summed E-state index contributed by atoms with van der Waals surface area (Å²) in [6.07, 6.45) is 3.83. The van der Waals surface area contributed by atoms with Crippen LogP contribution in [0.2, 0.25) is 0 Å². The van der Waals surface area contributed by atoms with E-state index in [-0.39, 0.29) is 31.4 Å². The van der Waals surface area contributed by atoms with Gasteiger partial charge in [-0.15, -0.1) is 0 Å². The van der Waals surface area contributed by atoms with Crippen LogP contribution < -0.4 is 28.4 Å². The highest BCUT2D eigenvalue weighted by molar-refractivity contribution is 5.84.